The zero-order chi connectivity index (χ0) is 30.3. The molecular weight excluding hydrogens is 571 g/mol. The lowest BCUT2D eigenvalue weighted by atomic mass is 9.86. The van der Waals surface area contributed by atoms with Crippen molar-refractivity contribution >= 4 is 40.1 Å². The fraction of sp³-hybridized carbons (Fsp3) is 0.452. The molecule has 0 spiro atoms. The highest BCUT2D eigenvalue weighted by atomic mass is 32.2. The van der Waals surface area contributed by atoms with Gasteiger partial charge in [-0.2, -0.15) is 0 Å². The molecule has 3 aromatic rings. The van der Waals surface area contributed by atoms with E-state index in [0.29, 0.717) is 23.0 Å². The maximum absolute atomic E-state index is 13.5. The van der Waals surface area contributed by atoms with Gasteiger partial charge in [0.15, 0.2) is 0 Å². The Morgan fingerprint density at radius 3 is 2.45 bits per heavy atom. The van der Waals surface area contributed by atoms with Gasteiger partial charge in [-0.05, 0) is 78.0 Å². The van der Waals surface area contributed by atoms with Crippen molar-refractivity contribution in [3.05, 3.63) is 65.3 Å². The highest BCUT2D eigenvalue weighted by Crippen LogP contribution is 2.39. The lowest BCUT2D eigenvalue weighted by molar-refractivity contribution is 0.109. The van der Waals surface area contributed by atoms with Crippen LogP contribution in [0.25, 0.3) is 10.4 Å². The summed E-state index contributed by atoms with van der Waals surface area (Å²) in [6, 6.07) is 14.9. The highest BCUT2D eigenvalue weighted by molar-refractivity contribution is 7.83. The topological polar surface area (TPSA) is 121 Å². The highest BCUT2D eigenvalue weighted by Gasteiger charge is 2.27. The number of carbonyl (C=O) groups is 2. The number of ether oxygens (including phenoxy) is 1. The average molecular weight is 612 g/mol. The second kappa shape index (κ2) is 14.3. The first-order chi connectivity index (χ1) is 20.0. The van der Waals surface area contributed by atoms with Crippen molar-refractivity contribution in [2.75, 3.05) is 5.32 Å². The van der Waals surface area contributed by atoms with Crippen molar-refractivity contribution in [3.8, 4) is 10.4 Å². The Labute approximate surface area is 254 Å². The molecular formula is C31H41N5O4S2. The Bertz CT molecular complexity index is 1380. The summed E-state index contributed by atoms with van der Waals surface area (Å²) in [7, 11) is -1.53. The van der Waals surface area contributed by atoms with Gasteiger partial charge in [-0.15, -0.1) is 11.3 Å². The number of benzene rings is 2. The molecule has 3 amide bonds. The Balaban J connectivity index is 1.46. The Morgan fingerprint density at radius 1 is 1.07 bits per heavy atom. The van der Waals surface area contributed by atoms with Gasteiger partial charge >= 0.3 is 12.1 Å². The standard InChI is InChI=1S/C31H41N5O4S2/c1-20(2)40-30(38)35-23-13-11-22(12-14-23)28-32-19-26(41-28)25-16-15-24(17-27(25)42(39)36-31(3,4)5)34-29(37)33-18-21-9-7-6-8-10-21/h6-10,15-17,19-20,22-23,36H,11-14,18H2,1-5H3,(H,35,38)(H2,33,34,37). The Morgan fingerprint density at radius 2 is 1.79 bits per heavy atom. The van der Waals surface area contributed by atoms with Crippen LogP contribution in [0.3, 0.4) is 0 Å². The molecule has 42 heavy (non-hydrogen) atoms. The van der Waals surface area contributed by atoms with Crippen LogP contribution in [0.15, 0.2) is 59.6 Å². The lowest BCUT2D eigenvalue weighted by Gasteiger charge is -2.28. The number of hydrogen-bond acceptors (Lipinski definition) is 6. The van der Waals surface area contributed by atoms with Crippen LogP contribution in [0, 0.1) is 0 Å². The van der Waals surface area contributed by atoms with Crippen LogP contribution < -0.4 is 20.7 Å². The minimum atomic E-state index is -1.53. The quantitative estimate of drug-likeness (QED) is 0.214. The number of alkyl carbamates (subject to hydrolysis) is 1. The summed E-state index contributed by atoms with van der Waals surface area (Å²) in [5, 5.41) is 9.74. The molecule has 0 saturated heterocycles. The lowest BCUT2D eigenvalue weighted by Crippen LogP contribution is -2.38. The number of nitrogens with one attached hydrogen (secondary N) is 4. The van der Waals surface area contributed by atoms with E-state index in [1.54, 1.807) is 17.4 Å². The van der Waals surface area contributed by atoms with Crippen LogP contribution in [0.1, 0.15) is 76.8 Å². The molecule has 1 aliphatic carbocycles. The Kier molecular flexibility index (Phi) is 10.7. The number of aromatic nitrogens is 1. The molecule has 1 atom stereocenters. The summed E-state index contributed by atoms with van der Waals surface area (Å²) in [6.45, 7) is 9.96. The van der Waals surface area contributed by atoms with E-state index < -0.39 is 11.0 Å². The van der Waals surface area contributed by atoms with E-state index in [0.717, 1.165) is 46.7 Å². The number of thiazole rings is 1. The second-order valence-electron chi connectivity index (χ2n) is 11.8. The molecule has 1 saturated carbocycles. The largest absolute Gasteiger partial charge is 0.447 e. The molecule has 226 valence electrons. The van der Waals surface area contributed by atoms with Crippen LogP contribution in [0.2, 0.25) is 0 Å². The van der Waals surface area contributed by atoms with Crippen molar-refractivity contribution in [1.29, 1.82) is 0 Å². The third-order valence-corrected chi connectivity index (χ3v) is 9.39. The predicted molar refractivity (Wildman–Crippen MR) is 169 cm³/mol. The summed E-state index contributed by atoms with van der Waals surface area (Å²) < 4.78 is 21.9. The van der Waals surface area contributed by atoms with E-state index in [2.05, 4.69) is 20.7 Å². The molecule has 4 N–H and O–H groups in total. The summed E-state index contributed by atoms with van der Waals surface area (Å²) in [6.07, 6.45) is 4.91. The van der Waals surface area contributed by atoms with Gasteiger partial charge in [0.05, 0.1) is 20.9 Å². The first kappa shape index (κ1) is 31.7. The van der Waals surface area contributed by atoms with Gasteiger partial charge in [0.2, 0.25) is 0 Å². The van der Waals surface area contributed by atoms with Gasteiger partial charge in [-0.1, -0.05) is 36.4 Å². The average Bonchev–Trinajstić information content (AvgIpc) is 3.42. The number of urea groups is 1. The number of anilines is 1. The van der Waals surface area contributed by atoms with Crippen molar-refractivity contribution in [2.24, 2.45) is 0 Å². The third kappa shape index (κ3) is 9.37. The number of amides is 3. The molecule has 0 aliphatic heterocycles. The number of rotatable bonds is 9. The summed E-state index contributed by atoms with van der Waals surface area (Å²) >= 11 is 1.61. The number of carbonyl (C=O) groups excluding carboxylic acids is 2. The normalized spacial score (nSPS) is 17.9. The first-order valence-electron chi connectivity index (χ1n) is 14.3. The van der Waals surface area contributed by atoms with Gasteiger partial charge in [0, 0.05) is 41.5 Å². The predicted octanol–water partition coefficient (Wildman–Crippen LogP) is 6.70. The maximum atomic E-state index is 13.5. The molecule has 11 heteroatoms. The Hall–Kier alpha value is -3.28. The summed E-state index contributed by atoms with van der Waals surface area (Å²) in [4.78, 5) is 30.8. The molecule has 1 aromatic heterocycles. The second-order valence-corrected chi connectivity index (χ2v) is 14.1. The van der Waals surface area contributed by atoms with Crippen molar-refractivity contribution in [2.45, 2.75) is 95.3 Å². The SMILES string of the molecule is CC(C)OC(=O)NC1CCC(c2ncc(-c3ccc(NC(=O)NCc4ccccc4)cc3S(=O)NC(C)(C)C)s2)CC1. The maximum Gasteiger partial charge on any atom is 0.407 e. The molecule has 9 nitrogen and oxygen atoms in total. The molecule has 0 bridgehead atoms. The van der Waals surface area contributed by atoms with E-state index in [-0.39, 0.29) is 29.8 Å². The van der Waals surface area contributed by atoms with Gasteiger partial charge in [-0.25, -0.2) is 23.5 Å². The summed E-state index contributed by atoms with van der Waals surface area (Å²) in [5.41, 5.74) is 1.98. The van der Waals surface area contributed by atoms with E-state index in [9.17, 15) is 13.8 Å². The molecule has 4 rings (SSSR count). The van der Waals surface area contributed by atoms with E-state index >= 15 is 0 Å². The van der Waals surface area contributed by atoms with E-state index in [1.165, 1.54) is 0 Å². The fourth-order valence-corrected chi connectivity index (χ4v) is 7.21. The first-order valence-corrected chi connectivity index (χ1v) is 16.3. The van der Waals surface area contributed by atoms with Gasteiger partial charge in [-0.3, -0.25) is 0 Å². The number of hydrogen-bond donors (Lipinski definition) is 4. The fourth-order valence-electron chi connectivity index (χ4n) is 4.74. The van der Waals surface area contributed by atoms with Crippen LogP contribution in [-0.2, 0) is 22.3 Å². The van der Waals surface area contributed by atoms with Crippen LogP contribution in [-0.4, -0.2) is 39.0 Å². The molecule has 2 aromatic carbocycles. The van der Waals surface area contributed by atoms with Crippen molar-refractivity contribution in [1.82, 2.24) is 20.3 Å². The van der Waals surface area contributed by atoms with Crippen molar-refractivity contribution in [3.63, 3.8) is 0 Å². The molecule has 1 unspecified atom stereocenters. The molecule has 0 radical (unpaired) electrons. The summed E-state index contributed by atoms with van der Waals surface area (Å²) in [5.74, 6) is 0.304. The monoisotopic (exact) mass is 611 g/mol. The van der Waals surface area contributed by atoms with E-state index in [1.807, 2.05) is 83.3 Å². The molecule has 1 heterocycles. The van der Waals surface area contributed by atoms with Crippen LogP contribution in [0.4, 0.5) is 15.3 Å². The third-order valence-electron chi connectivity index (χ3n) is 6.66. The zero-order valence-corrected chi connectivity index (χ0v) is 26.5. The zero-order valence-electron chi connectivity index (χ0n) is 24.9. The van der Waals surface area contributed by atoms with Crippen LogP contribution in [0.5, 0.6) is 0 Å². The molecule has 1 aliphatic rings. The van der Waals surface area contributed by atoms with Gasteiger partial charge < -0.3 is 20.7 Å². The smallest absolute Gasteiger partial charge is 0.407 e. The van der Waals surface area contributed by atoms with E-state index in [4.69, 9.17) is 9.72 Å². The molecule has 1 fully saturated rings. The number of nitrogens with zero attached hydrogens (tertiary/aromatic N) is 1. The van der Waals surface area contributed by atoms with Gasteiger partial charge in [0.25, 0.3) is 0 Å². The minimum Gasteiger partial charge on any atom is -0.447 e. The minimum absolute atomic E-state index is 0.106. The van der Waals surface area contributed by atoms with Gasteiger partial charge in [0.1, 0.15) is 11.0 Å². The van der Waals surface area contributed by atoms with Crippen molar-refractivity contribution < 1.29 is 18.5 Å². The van der Waals surface area contributed by atoms with Crippen LogP contribution >= 0.6 is 11.3 Å².